The molecular weight excluding hydrogens is 583 g/mol. The molecule has 0 fully saturated rings. The third-order valence-electron chi connectivity index (χ3n) is 6.54. The van der Waals surface area contributed by atoms with Crippen LogP contribution in [0.1, 0.15) is 48.9 Å². The maximum absolute atomic E-state index is 14.5. The average Bonchev–Trinajstić information content (AvgIpc) is 3.40. The van der Waals surface area contributed by atoms with Gasteiger partial charge in [-0.3, -0.25) is 4.79 Å². The van der Waals surface area contributed by atoms with Crippen molar-refractivity contribution in [1.82, 2.24) is 4.57 Å². The van der Waals surface area contributed by atoms with E-state index < -0.39 is 50.9 Å². The zero-order valence-corrected chi connectivity index (χ0v) is 23.6. The van der Waals surface area contributed by atoms with Crippen LogP contribution in [0, 0.1) is 23.0 Å². The van der Waals surface area contributed by atoms with Gasteiger partial charge in [0.15, 0.2) is 9.84 Å². The van der Waals surface area contributed by atoms with Gasteiger partial charge in [-0.25, -0.2) is 17.2 Å². The normalized spacial score (nSPS) is 12.1. The van der Waals surface area contributed by atoms with Gasteiger partial charge in [-0.2, -0.15) is 18.4 Å². The van der Waals surface area contributed by atoms with E-state index in [1.54, 1.807) is 18.2 Å². The summed E-state index contributed by atoms with van der Waals surface area (Å²) in [4.78, 5) is 14.0. The first kappa shape index (κ1) is 30.1. The van der Waals surface area contributed by atoms with Crippen LogP contribution in [0.2, 0.25) is 0 Å². The van der Waals surface area contributed by atoms with E-state index >= 15 is 0 Å². The second-order valence-electron chi connectivity index (χ2n) is 9.57. The third kappa shape index (κ3) is 6.11. The van der Waals surface area contributed by atoms with Gasteiger partial charge in [0, 0.05) is 16.5 Å². The van der Waals surface area contributed by atoms with Crippen LogP contribution in [0.3, 0.4) is 0 Å². The highest BCUT2D eigenvalue weighted by Crippen LogP contribution is 2.39. The lowest BCUT2D eigenvalue weighted by Crippen LogP contribution is -2.28. The molecule has 4 aromatic rings. The molecule has 0 amide bonds. The summed E-state index contributed by atoms with van der Waals surface area (Å²) in [5.41, 5.74) is -3.02. The molecular formula is C29H23F5N2O3S2. The van der Waals surface area contributed by atoms with Crippen molar-refractivity contribution in [3.05, 3.63) is 98.8 Å². The molecule has 12 heteroatoms. The molecule has 0 unspecified atom stereocenters. The molecule has 2 aromatic heterocycles. The number of nitrogens with zero attached hydrogens (tertiary/aromatic N) is 2. The minimum absolute atomic E-state index is 0.0242. The number of benzene rings is 2. The van der Waals surface area contributed by atoms with Crippen LogP contribution < -0.4 is 5.56 Å². The zero-order chi connectivity index (χ0) is 30.3. The molecule has 5 nitrogen and oxygen atoms in total. The van der Waals surface area contributed by atoms with Crippen LogP contribution in [0.15, 0.2) is 64.3 Å². The molecule has 4 rings (SSSR count). The Bertz CT molecular complexity index is 1850. The van der Waals surface area contributed by atoms with Gasteiger partial charge in [0.2, 0.25) is 0 Å². The molecule has 2 aromatic carbocycles. The first-order chi connectivity index (χ1) is 19.2. The maximum atomic E-state index is 14.5. The smallest absolute Gasteiger partial charge is 0.302 e. The highest BCUT2D eigenvalue weighted by atomic mass is 32.2. The number of sulfone groups is 1. The average molecular weight is 607 g/mol. The fourth-order valence-electron chi connectivity index (χ4n) is 4.23. The maximum Gasteiger partial charge on any atom is 0.417 e. The van der Waals surface area contributed by atoms with E-state index in [0.29, 0.717) is 22.6 Å². The van der Waals surface area contributed by atoms with Crippen molar-refractivity contribution in [2.75, 3.05) is 5.75 Å². The molecule has 0 bridgehead atoms. The Balaban J connectivity index is 1.95. The topological polar surface area (TPSA) is 79.9 Å². The van der Waals surface area contributed by atoms with E-state index in [4.69, 9.17) is 0 Å². The van der Waals surface area contributed by atoms with Crippen molar-refractivity contribution in [1.29, 1.82) is 5.26 Å². The lowest BCUT2D eigenvalue weighted by molar-refractivity contribution is -0.137. The predicted octanol–water partition coefficient (Wildman–Crippen LogP) is 7.38. The van der Waals surface area contributed by atoms with Crippen LogP contribution in [0.5, 0.6) is 0 Å². The zero-order valence-electron chi connectivity index (χ0n) is 22.0. The SMILES string of the molecule is CCS(=O)(=O)c1cc(-c2ccc(-c3cc(C(F)(F)F)c(C#N)c(=O)n3Cc3ccc(F)cc3F)s2)cc(C(C)C)c1. The summed E-state index contributed by atoms with van der Waals surface area (Å²) in [7, 11) is -3.57. The molecule has 0 spiro atoms. The Labute approximate surface area is 237 Å². The van der Waals surface area contributed by atoms with Gasteiger partial charge in [0.05, 0.1) is 33.3 Å². The number of nitriles is 1. The summed E-state index contributed by atoms with van der Waals surface area (Å²) < 4.78 is 95.8. The minimum atomic E-state index is -5.03. The fourth-order valence-corrected chi connectivity index (χ4v) is 6.21. The summed E-state index contributed by atoms with van der Waals surface area (Å²) in [5, 5.41) is 9.41. The van der Waals surface area contributed by atoms with Crippen LogP contribution in [-0.2, 0) is 22.6 Å². The van der Waals surface area contributed by atoms with Crippen LogP contribution in [-0.4, -0.2) is 18.7 Å². The molecule has 0 saturated carbocycles. The van der Waals surface area contributed by atoms with E-state index in [2.05, 4.69) is 0 Å². The summed E-state index contributed by atoms with van der Waals surface area (Å²) in [6, 6.07) is 12.5. The molecule has 0 radical (unpaired) electrons. The molecule has 0 N–H and O–H groups in total. The highest BCUT2D eigenvalue weighted by Gasteiger charge is 2.37. The van der Waals surface area contributed by atoms with Gasteiger partial charge in [-0.05, 0) is 59.5 Å². The Hall–Kier alpha value is -3.82. The summed E-state index contributed by atoms with van der Waals surface area (Å²) in [6.07, 6.45) is -5.03. The van der Waals surface area contributed by atoms with Crippen LogP contribution >= 0.6 is 11.3 Å². The second kappa shape index (κ2) is 11.2. The Morgan fingerprint density at radius 3 is 2.27 bits per heavy atom. The van der Waals surface area contributed by atoms with E-state index in [9.17, 15) is 40.4 Å². The van der Waals surface area contributed by atoms with Gasteiger partial charge < -0.3 is 4.57 Å². The van der Waals surface area contributed by atoms with E-state index in [1.165, 1.54) is 25.1 Å². The van der Waals surface area contributed by atoms with Gasteiger partial charge in [0.25, 0.3) is 5.56 Å². The summed E-state index contributed by atoms with van der Waals surface area (Å²) in [6.45, 7) is 4.74. The lowest BCUT2D eigenvalue weighted by Gasteiger charge is -2.17. The molecule has 0 aliphatic carbocycles. The minimum Gasteiger partial charge on any atom is -0.302 e. The number of halogens is 5. The monoisotopic (exact) mass is 606 g/mol. The first-order valence-corrected chi connectivity index (χ1v) is 14.8. The highest BCUT2D eigenvalue weighted by molar-refractivity contribution is 7.91. The van der Waals surface area contributed by atoms with E-state index in [0.717, 1.165) is 33.6 Å². The number of alkyl halides is 3. The van der Waals surface area contributed by atoms with Gasteiger partial charge in [-0.15, -0.1) is 11.3 Å². The standard InChI is InChI=1S/C29H23F5N2O3S2/c1-4-41(38,39)21-10-18(16(2)3)9-19(11-21)26-7-8-27(40-26)25-13-23(29(32,33)34)22(14-35)28(37)36(25)15-17-5-6-20(30)12-24(17)31/h5-13,16H,4,15H2,1-3H3. The number of hydrogen-bond acceptors (Lipinski definition) is 5. The quantitative estimate of drug-likeness (QED) is 0.206. The Morgan fingerprint density at radius 2 is 1.68 bits per heavy atom. The molecule has 0 aliphatic rings. The fraction of sp³-hybridized carbons (Fsp3) is 0.241. The van der Waals surface area contributed by atoms with Gasteiger partial charge >= 0.3 is 6.18 Å². The number of hydrogen-bond donors (Lipinski definition) is 0. The van der Waals surface area contributed by atoms with Crippen molar-refractivity contribution in [3.8, 4) is 27.1 Å². The number of pyridine rings is 1. The first-order valence-electron chi connectivity index (χ1n) is 12.3. The molecule has 0 aliphatic heterocycles. The van der Waals surface area contributed by atoms with Crippen molar-refractivity contribution >= 4 is 21.2 Å². The number of rotatable bonds is 7. The molecule has 2 heterocycles. The Morgan fingerprint density at radius 1 is 1.00 bits per heavy atom. The molecule has 0 atom stereocenters. The van der Waals surface area contributed by atoms with E-state index in [1.807, 2.05) is 13.8 Å². The summed E-state index contributed by atoms with van der Waals surface area (Å²) in [5.74, 6) is -2.03. The molecule has 41 heavy (non-hydrogen) atoms. The van der Waals surface area contributed by atoms with Crippen molar-refractivity contribution < 1.29 is 30.4 Å². The van der Waals surface area contributed by atoms with Crippen LogP contribution in [0.25, 0.3) is 21.0 Å². The molecule has 0 saturated heterocycles. The lowest BCUT2D eigenvalue weighted by atomic mass is 10.0. The van der Waals surface area contributed by atoms with Crippen molar-refractivity contribution in [2.24, 2.45) is 0 Å². The third-order valence-corrected chi connectivity index (χ3v) is 9.41. The van der Waals surface area contributed by atoms with Crippen molar-refractivity contribution in [2.45, 2.75) is 44.3 Å². The molecule has 214 valence electrons. The van der Waals surface area contributed by atoms with Crippen LogP contribution in [0.4, 0.5) is 22.0 Å². The predicted molar refractivity (Wildman–Crippen MR) is 146 cm³/mol. The van der Waals surface area contributed by atoms with Crippen molar-refractivity contribution in [3.63, 3.8) is 0 Å². The van der Waals surface area contributed by atoms with E-state index in [-0.39, 0.29) is 32.7 Å². The van der Waals surface area contributed by atoms with Gasteiger partial charge in [-0.1, -0.05) is 26.8 Å². The largest absolute Gasteiger partial charge is 0.417 e. The van der Waals surface area contributed by atoms with Gasteiger partial charge in [0.1, 0.15) is 23.3 Å². The second-order valence-corrected chi connectivity index (χ2v) is 12.9. The number of thiophene rings is 1. The number of aromatic nitrogens is 1. The summed E-state index contributed by atoms with van der Waals surface area (Å²) >= 11 is 1.00. The Kier molecular flexibility index (Phi) is 8.25.